The van der Waals surface area contributed by atoms with Crippen LogP contribution in [0.3, 0.4) is 0 Å². The molecule has 14 heavy (non-hydrogen) atoms. The molecule has 0 unspecified atom stereocenters. The molecule has 1 heterocycles. The molecule has 1 aromatic rings. The molecule has 0 amide bonds. The first-order valence-electron chi connectivity index (χ1n) is 3.80. The van der Waals surface area contributed by atoms with Gasteiger partial charge in [0, 0.05) is 6.20 Å². The second-order valence-corrected chi connectivity index (χ2v) is 3.53. The van der Waals surface area contributed by atoms with Gasteiger partial charge in [0.05, 0.1) is 6.04 Å². The summed E-state index contributed by atoms with van der Waals surface area (Å²) >= 11 is 3.12. The number of aliphatic carboxylic acids is 1. The van der Waals surface area contributed by atoms with Crippen LogP contribution in [0.15, 0.2) is 22.9 Å². The maximum Gasteiger partial charge on any atom is 0.334 e. The minimum atomic E-state index is -1.61. The number of carboxylic acid groups (broad SMARTS) is 1. The Morgan fingerprint density at radius 1 is 1.64 bits per heavy atom. The largest absolute Gasteiger partial charge is 0.479 e. The van der Waals surface area contributed by atoms with E-state index in [1.165, 1.54) is 6.20 Å². The number of aliphatic hydroxyl groups excluding tert-OH is 1. The molecule has 1 aromatic heterocycles. The molecule has 5 nitrogen and oxygen atoms in total. The van der Waals surface area contributed by atoms with Crippen molar-refractivity contribution in [3.05, 3.63) is 28.5 Å². The molecule has 2 atom stereocenters. The van der Waals surface area contributed by atoms with Gasteiger partial charge in [-0.25, -0.2) is 9.78 Å². The fourth-order valence-corrected chi connectivity index (χ4v) is 1.34. The van der Waals surface area contributed by atoms with Crippen molar-refractivity contribution in [3.63, 3.8) is 0 Å². The molecule has 0 aromatic carbocycles. The number of carboxylic acids is 1. The third-order valence-corrected chi connectivity index (χ3v) is 2.16. The molecule has 0 saturated heterocycles. The first-order valence-corrected chi connectivity index (χ1v) is 4.59. The van der Waals surface area contributed by atoms with Crippen LogP contribution < -0.4 is 5.73 Å². The first kappa shape index (κ1) is 11.1. The molecule has 76 valence electrons. The number of aromatic nitrogens is 1. The van der Waals surface area contributed by atoms with E-state index in [0.29, 0.717) is 10.2 Å². The zero-order chi connectivity index (χ0) is 10.7. The van der Waals surface area contributed by atoms with Crippen LogP contribution >= 0.6 is 15.9 Å². The summed E-state index contributed by atoms with van der Waals surface area (Å²) in [5, 5.41) is 17.7. The third-order valence-electron chi connectivity index (χ3n) is 1.73. The Kier molecular flexibility index (Phi) is 3.56. The number of hydrogen-bond acceptors (Lipinski definition) is 4. The summed E-state index contributed by atoms with van der Waals surface area (Å²) in [6.07, 6.45) is -0.127. The lowest BCUT2D eigenvalue weighted by Gasteiger charge is -2.14. The molecule has 0 aliphatic carbocycles. The normalized spacial score (nSPS) is 14.8. The summed E-state index contributed by atoms with van der Waals surface area (Å²) in [6.45, 7) is 0. The molecular formula is C8H9BrN2O3. The van der Waals surface area contributed by atoms with Crippen LogP contribution in [-0.2, 0) is 4.79 Å². The summed E-state index contributed by atoms with van der Waals surface area (Å²) in [5.74, 6) is -1.34. The van der Waals surface area contributed by atoms with Gasteiger partial charge in [-0.15, -0.1) is 0 Å². The predicted octanol–water partition coefficient (Wildman–Crippen LogP) is 0.289. The number of halogens is 1. The van der Waals surface area contributed by atoms with Gasteiger partial charge in [0.25, 0.3) is 0 Å². The van der Waals surface area contributed by atoms with E-state index in [-0.39, 0.29) is 0 Å². The van der Waals surface area contributed by atoms with Crippen LogP contribution in [0, 0.1) is 0 Å². The van der Waals surface area contributed by atoms with Gasteiger partial charge in [0.1, 0.15) is 4.60 Å². The smallest absolute Gasteiger partial charge is 0.334 e. The van der Waals surface area contributed by atoms with Crippen molar-refractivity contribution in [2.45, 2.75) is 12.1 Å². The highest BCUT2D eigenvalue weighted by molar-refractivity contribution is 9.10. The summed E-state index contributed by atoms with van der Waals surface area (Å²) in [6, 6.07) is 2.17. The lowest BCUT2D eigenvalue weighted by molar-refractivity contribution is -0.147. The van der Waals surface area contributed by atoms with Crippen LogP contribution in [0.2, 0.25) is 0 Å². The maximum atomic E-state index is 10.4. The van der Waals surface area contributed by atoms with E-state index < -0.39 is 18.1 Å². The molecule has 4 N–H and O–H groups in total. The van der Waals surface area contributed by atoms with Crippen LogP contribution in [0.25, 0.3) is 0 Å². The van der Waals surface area contributed by atoms with E-state index in [1.807, 2.05) is 0 Å². The fourth-order valence-electron chi connectivity index (χ4n) is 0.961. The number of nitrogens with two attached hydrogens (primary N) is 1. The third kappa shape index (κ3) is 2.50. The Hall–Kier alpha value is -0.980. The summed E-state index contributed by atoms with van der Waals surface area (Å²) in [7, 11) is 0. The van der Waals surface area contributed by atoms with Gasteiger partial charge in [0.15, 0.2) is 6.10 Å². The van der Waals surface area contributed by atoms with Gasteiger partial charge in [-0.2, -0.15) is 0 Å². The molecule has 0 fully saturated rings. The van der Waals surface area contributed by atoms with Gasteiger partial charge < -0.3 is 15.9 Å². The highest BCUT2D eigenvalue weighted by Gasteiger charge is 2.23. The fraction of sp³-hybridized carbons (Fsp3) is 0.250. The molecule has 0 spiro atoms. The second-order valence-electron chi connectivity index (χ2n) is 2.72. The average molecular weight is 261 g/mol. The van der Waals surface area contributed by atoms with E-state index in [9.17, 15) is 9.90 Å². The van der Waals surface area contributed by atoms with Crippen molar-refractivity contribution in [2.24, 2.45) is 5.73 Å². The average Bonchev–Trinajstić information content (AvgIpc) is 2.15. The number of nitrogens with zero attached hydrogens (tertiary/aromatic N) is 1. The molecule has 0 aliphatic rings. The minimum Gasteiger partial charge on any atom is -0.479 e. The van der Waals surface area contributed by atoms with Crippen LogP contribution in [-0.4, -0.2) is 27.3 Å². The molecule has 0 aliphatic heterocycles. The van der Waals surface area contributed by atoms with E-state index in [4.69, 9.17) is 10.8 Å². The quantitative estimate of drug-likeness (QED) is 0.679. The number of pyridine rings is 1. The highest BCUT2D eigenvalue weighted by Crippen LogP contribution is 2.17. The number of carbonyl (C=O) groups is 1. The number of hydrogen-bond donors (Lipinski definition) is 3. The molecule has 1 rings (SSSR count). The Morgan fingerprint density at radius 3 is 2.79 bits per heavy atom. The van der Waals surface area contributed by atoms with E-state index in [1.54, 1.807) is 12.1 Å². The SMILES string of the molecule is N[C@H](c1ccnc(Br)c1)[C@H](O)C(=O)O. The second kappa shape index (κ2) is 4.50. The zero-order valence-corrected chi connectivity index (χ0v) is 8.68. The van der Waals surface area contributed by atoms with Crippen molar-refractivity contribution < 1.29 is 15.0 Å². The number of rotatable bonds is 3. The minimum absolute atomic E-state index is 0.516. The predicted molar refractivity (Wildman–Crippen MR) is 52.5 cm³/mol. The summed E-state index contributed by atoms with van der Waals surface area (Å²) in [4.78, 5) is 14.3. The molecule has 0 bridgehead atoms. The Morgan fingerprint density at radius 2 is 2.29 bits per heavy atom. The van der Waals surface area contributed by atoms with Gasteiger partial charge in [-0.05, 0) is 33.6 Å². The van der Waals surface area contributed by atoms with Crippen molar-refractivity contribution >= 4 is 21.9 Å². The summed E-state index contributed by atoms with van der Waals surface area (Å²) in [5.41, 5.74) is 6.04. The zero-order valence-electron chi connectivity index (χ0n) is 7.09. The Balaban J connectivity index is 2.89. The Bertz CT molecular complexity index is 345. The lowest BCUT2D eigenvalue weighted by Crippen LogP contribution is -2.33. The van der Waals surface area contributed by atoms with Crippen LogP contribution in [0.1, 0.15) is 11.6 Å². The van der Waals surface area contributed by atoms with Crippen LogP contribution in [0.5, 0.6) is 0 Å². The molecule has 0 saturated carbocycles. The topological polar surface area (TPSA) is 96.4 Å². The first-order chi connectivity index (χ1) is 6.52. The van der Waals surface area contributed by atoms with Gasteiger partial charge in [-0.1, -0.05) is 0 Å². The van der Waals surface area contributed by atoms with Crippen molar-refractivity contribution in [1.82, 2.24) is 4.98 Å². The van der Waals surface area contributed by atoms with E-state index in [0.717, 1.165) is 0 Å². The van der Waals surface area contributed by atoms with Gasteiger partial charge in [-0.3, -0.25) is 0 Å². The monoisotopic (exact) mass is 260 g/mol. The van der Waals surface area contributed by atoms with Crippen LogP contribution in [0.4, 0.5) is 0 Å². The molecular weight excluding hydrogens is 252 g/mol. The van der Waals surface area contributed by atoms with Gasteiger partial charge >= 0.3 is 5.97 Å². The van der Waals surface area contributed by atoms with E-state index in [2.05, 4.69) is 20.9 Å². The lowest BCUT2D eigenvalue weighted by atomic mass is 10.0. The van der Waals surface area contributed by atoms with Gasteiger partial charge in [0.2, 0.25) is 0 Å². The number of aliphatic hydroxyl groups is 1. The van der Waals surface area contributed by atoms with Crippen molar-refractivity contribution in [1.29, 1.82) is 0 Å². The highest BCUT2D eigenvalue weighted by atomic mass is 79.9. The maximum absolute atomic E-state index is 10.4. The molecule has 6 heteroatoms. The van der Waals surface area contributed by atoms with Crippen molar-refractivity contribution in [3.8, 4) is 0 Å². The van der Waals surface area contributed by atoms with Crippen molar-refractivity contribution in [2.75, 3.05) is 0 Å². The Labute approximate surface area is 88.7 Å². The standard InChI is InChI=1S/C8H9BrN2O3/c9-5-3-4(1-2-11-5)6(10)7(12)8(13)14/h1-3,6-7,12H,10H2,(H,13,14)/t6-,7+/m1/s1. The van der Waals surface area contributed by atoms with E-state index >= 15 is 0 Å². The summed E-state index contributed by atoms with van der Waals surface area (Å²) < 4.78 is 0.544. The molecule has 0 radical (unpaired) electrons.